The van der Waals surface area contributed by atoms with Crippen LogP contribution >= 0.6 is 0 Å². The van der Waals surface area contributed by atoms with Crippen molar-refractivity contribution in [2.24, 2.45) is 11.7 Å². The third-order valence-corrected chi connectivity index (χ3v) is 3.55. The molecule has 0 aliphatic heterocycles. The van der Waals surface area contributed by atoms with Crippen LogP contribution in [0.5, 0.6) is 0 Å². The molecule has 0 saturated heterocycles. The Labute approximate surface area is 119 Å². The van der Waals surface area contributed by atoms with E-state index in [2.05, 4.69) is 10.1 Å². The van der Waals surface area contributed by atoms with Crippen molar-refractivity contribution in [3.63, 3.8) is 0 Å². The third kappa shape index (κ3) is 3.24. The SMILES string of the molecule is NC(c1noc(Cc2ccc(C(F)(F)F)cc2)n1)C1CC1. The quantitative estimate of drug-likeness (QED) is 0.941. The van der Waals surface area contributed by atoms with E-state index in [0.717, 1.165) is 25.0 Å². The minimum Gasteiger partial charge on any atom is -0.339 e. The molecule has 1 unspecified atom stereocenters. The second-order valence-electron chi connectivity index (χ2n) is 5.28. The number of alkyl halides is 3. The first-order valence-electron chi connectivity index (χ1n) is 6.67. The largest absolute Gasteiger partial charge is 0.416 e. The van der Waals surface area contributed by atoms with Crippen molar-refractivity contribution in [1.82, 2.24) is 10.1 Å². The summed E-state index contributed by atoms with van der Waals surface area (Å²) >= 11 is 0. The molecule has 0 amide bonds. The fraction of sp³-hybridized carbons (Fsp3) is 0.429. The fourth-order valence-electron chi connectivity index (χ4n) is 2.13. The second-order valence-corrected chi connectivity index (χ2v) is 5.28. The molecule has 1 atom stereocenters. The average molecular weight is 297 g/mol. The first-order chi connectivity index (χ1) is 9.93. The molecule has 0 spiro atoms. The number of aromatic nitrogens is 2. The maximum atomic E-state index is 12.5. The molecule has 1 aromatic carbocycles. The lowest BCUT2D eigenvalue weighted by Gasteiger charge is -2.06. The summed E-state index contributed by atoms with van der Waals surface area (Å²) in [5.41, 5.74) is 5.97. The van der Waals surface area contributed by atoms with Crippen molar-refractivity contribution >= 4 is 0 Å². The number of benzene rings is 1. The lowest BCUT2D eigenvalue weighted by Crippen LogP contribution is -2.14. The van der Waals surface area contributed by atoms with Gasteiger partial charge in [0, 0.05) is 0 Å². The fourth-order valence-corrected chi connectivity index (χ4v) is 2.13. The maximum absolute atomic E-state index is 12.5. The molecule has 1 aliphatic rings. The number of rotatable bonds is 4. The molecule has 21 heavy (non-hydrogen) atoms. The van der Waals surface area contributed by atoms with E-state index in [0.29, 0.717) is 29.6 Å². The predicted octanol–water partition coefficient (Wildman–Crippen LogP) is 3.09. The van der Waals surface area contributed by atoms with E-state index < -0.39 is 11.7 Å². The number of nitrogens with two attached hydrogens (primary N) is 1. The van der Waals surface area contributed by atoms with E-state index >= 15 is 0 Å². The van der Waals surface area contributed by atoms with Crippen LogP contribution in [0.25, 0.3) is 0 Å². The highest BCUT2D eigenvalue weighted by molar-refractivity contribution is 5.26. The van der Waals surface area contributed by atoms with Crippen molar-refractivity contribution in [2.75, 3.05) is 0 Å². The number of nitrogens with zero attached hydrogens (tertiary/aromatic N) is 2. The average Bonchev–Trinajstić information content (AvgIpc) is 3.18. The number of hydrogen-bond acceptors (Lipinski definition) is 4. The van der Waals surface area contributed by atoms with Crippen molar-refractivity contribution in [3.8, 4) is 0 Å². The van der Waals surface area contributed by atoms with Crippen LogP contribution in [0.2, 0.25) is 0 Å². The molecule has 0 radical (unpaired) electrons. The Morgan fingerprint density at radius 2 is 1.90 bits per heavy atom. The molecular weight excluding hydrogens is 283 g/mol. The van der Waals surface area contributed by atoms with Gasteiger partial charge in [-0.2, -0.15) is 18.2 Å². The van der Waals surface area contributed by atoms with Gasteiger partial charge in [0.05, 0.1) is 18.0 Å². The summed E-state index contributed by atoms with van der Waals surface area (Å²) in [4.78, 5) is 4.21. The Kier molecular flexibility index (Phi) is 3.44. The highest BCUT2D eigenvalue weighted by Gasteiger charge is 2.32. The van der Waals surface area contributed by atoms with Crippen LogP contribution in [0, 0.1) is 5.92 Å². The van der Waals surface area contributed by atoms with E-state index in [1.165, 1.54) is 12.1 Å². The van der Waals surface area contributed by atoms with E-state index in [-0.39, 0.29) is 6.04 Å². The van der Waals surface area contributed by atoms with Gasteiger partial charge in [-0.1, -0.05) is 17.3 Å². The summed E-state index contributed by atoms with van der Waals surface area (Å²) in [5, 5.41) is 3.84. The molecule has 1 heterocycles. The number of halogens is 3. The van der Waals surface area contributed by atoms with Gasteiger partial charge in [-0.3, -0.25) is 0 Å². The molecule has 1 saturated carbocycles. The van der Waals surface area contributed by atoms with Gasteiger partial charge >= 0.3 is 6.18 Å². The zero-order valence-electron chi connectivity index (χ0n) is 11.1. The monoisotopic (exact) mass is 297 g/mol. The van der Waals surface area contributed by atoms with Crippen molar-refractivity contribution in [1.29, 1.82) is 0 Å². The standard InChI is InChI=1S/C14H14F3N3O/c15-14(16,17)10-5-1-8(2-6-10)7-11-19-13(20-21-11)12(18)9-3-4-9/h1-2,5-6,9,12H,3-4,7,18H2. The van der Waals surface area contributed by atoms with E-state index in [4.69, 9.17) is 10.3 Å². The van der Waals surface area contributed by atoms with Gasteiger partial charge in [0.1, 0.15) is 0 Å². The Morgan fingerprint density at radius 3 is 2.48 bits per heavy atom. The molecule has 4 nitrogen and oxygen atoms in total. The van der Waals surface area contributed by atoms with E-state index in [9.17, 15) is 13.2 Å². The van der Waals surface area contributed by atoms with Crippen molar-refractivity contribution in [2.45, 2.75) is 31.5 Å². The van der Waals surface area contributed by atoms with Crippen LogP contribution in [-0.2, 0) is 12.6 Å². The Hall–Kier alpha value is -1.89. The normalized spacial score (nSPS) is 17.0. The van der Waals surface area contributed by atoms with Gasteiger partial charge in [-0.25, -0.2) is 0 Å². The van der Waals surface area contributed by atoms with Gasteiger partial charge < -0.3 is 10.3 Å². The Balaban J connectivity index is 1.69. The minimum absolute atomic E-state index is 0.213. The summed E-state index contributed by atoms with van der Waals surface area (Å²) in [5.74, 6) is 1.25. The highest BCUT2D eigenvalue weighted by Crippen LogP contribution is 2.38. The number of hydrogen-bond donors (Lipinski definition) is 1. The zero-order chi connectivity index (χ0) is 15.0. The smallest absolute Gasteiger partial charge is 0.339 e. The summed E-state index contributed by atoms with van der Waals surface area (Å²) in [6.45, 7) is 0. The second kappa shape index (κ2) is 5.14. The van der Waals surface area contributed by atoms with Crippen LogP contribution < -0.4 is 5.73 Å². The Bertz CT molecular complexity index is 617. The van der Waals surface area contributed by atoms with E-state index in [1.54, 1.807) is 0 Å². The lowest BCUT2D eigenvalue weighted by molar-refractivity contribution is -0.137. The summed E-state index contributed by atoms with van der Waals surface area (Å²) < 4.78 is 42.5. The van der Waals surface area contributed by atoms with E-state index in [1.807, 2.05) is 0 Å². The predicted molar refractivity (Wildman–Crippen MR) is 68.2 cm³/mol. The molecule has 7 heteroatoms. The molecule has 3 rings (SSSR count). The minimum atomic E-state index is -4.33. The first kappa shape index (κ1) is 14.1. The zero-order valence-corrected chi connectivity index (χ0v) is 11.1. The summed E-state index contributed by atoms with van der Waals surface area (Å²) in [6, 6.07) is 4.70. The van der Waals surface area contributed by atoms with Gasteiger partial charge in [0.15, 0.2) is 5.82 Å². The maximum Gasteiger partial charge on any atom is 0.416 e. The molecular formula is C14H14F3N3O. The van der Waals surface area contributed by atoms with Crippen molar-refractivity contribution in [3.05, 3.63) is 47.1 Å². The topological polar surface area (TPSA) is 64.9 Å². The molecule has 1 fully saturated rings. The molecule has 2 N–H and O–H groups in total. The molecule has 1 aliphatic carbocycles. The first-order valence-corrected chi connectivity index (χ1v) is 6.67. The van der Waals surface area contributed by atoms with Crippen LogP contribution in [0.4, 0.5) is 13.2 Å². The Morgan fingerprint density at radius 1 is 1.24 bits per heavy atom. The third-order valence-electron chi connectivity index (χ3n) is 3.55. The summed E-state index contributed by atoms with van der Waals surface area (Å²) in [7, 11) is 0. The van der Waals surface area contributed by atoms with Crippen LogP contribution in [-0.4, -0.2) is 10.1 Å². The van der Waals surface area contributed by atoms with Crippen molar-refractivity contribution < 1.29 is 17.7 Å². The molecule has 2 aromatic rings. The van der Waals surface area contributed by atoms with Crippen LogP contribution in [0.1, 0.15) is 41.7 Å². The highest BCUT2D eigenvalue weighted by atomic mass is 19.4. The molecule has 112 valence electrons. The summed E-state index contributed by atoms with van der Waals surface area (Å²) in [6.07, 6.45) is -1.89. The lowest BCUT2D eigenvalue weighted by atomic mass is 10.1. The van der Waals surface area contributed by atoms with Gasteiger partial charge in [0.2, 0.25) is 5.89 Å². The van der Waals surface area contributed by atoms with Gasteiger partial charge in [-0.05, 0) is 36.5 Å². The molecule has 1 aromatic heterocycles. The van der Waals surface area contributed by atoms with Gasteiger partial charge in [-0.15, -0.1) is 0 Å². The molecule has 0 bridgehead atoms. The van der Waals surface area contributed by atoms with Crippen LogP contribution in [0.3, 0.4) is 0 Å². The van der Waals surface area contributed by atoms with Crippen LogP contribution in [0.15, 0.2) is 28.8 Å². The van der Waals surface area contributed by atoms with Gasteiger partial charge in [0.25, 0.3) is 0 Å².